The third kappa shape index (κ3) is 11.6. The number of oxazole rings is 1. The Morgan fingerprint density at radius 3 is 1.41 bits per heavy atom. The van der Waals surface area contributed by atoms with E-state index in [1.807, 2.05) is 77.3 Å². The zero-order valence-electron chi connectivity index (χ0n) is 53.4. The van der Waals surface area contributed by atoms with Gasteiger partial charge in [0, 0.05) is 84.3 Å². The number of fused-ring (bicyclic) bond motifs is 16. The number of benzene rings is 16. The summed E-state index contributed by atoms with van der Waals surface area (Å²) in [6, 6.07) is 121. The molecule has 0 bridgehead atoms. The molecular formula is C91H58ClN3OS3. The Labute approximate surface area is 588 Å². The van der Waals surface area contributed by atoms with Crippen LogP contribution in [0.1, 0.15) is 11.1 Å². The summed E-state index contributed by atoms with van der Waals surface area (Å²) in [6.07, 6.45) is 0.971. The third-order valence-electron chi connectivity index (χ3n) is 18.7. The monoisotopic (exact) mass is 1340 g/mol. The van der Waals surface area contributed by atoms with Crippen molar-refractivity contribution in [1.82, 2.24) is 9.97 Å². The molecule has 8 heteroatoms. The lowest BCUT2D eigenvalue weighted by Crippen LogP contribution is -2.09. The summed E-state index contributed by atoms with van der Waals surface area (Å²) >= 11 is 11.7. The molecule has 468 valence electrons. The first-order chi connectivity index (χ1) is 48.9. The van der Waals surface area contributed by atoms with Gasteiger partial charge in [0.15, 0.2) is 5.58 Å². The van der Waals surface area contributed by atoms with Crippen LogP contribution in [0.3, 0.4) is 0 Å². The molecule has 0 aliphatic rings. The second kappa shape index (κ2) is 25.8. The summed E-state index contributed by atoms with van der Waals surface area (Å²) in [5.74, 6) is 0.636. The van der Waals surface area contributed by atoms with Crippen LogP contribution in [0.15, 0.2) is 344 Å². The minimum absolute atomic E-state index is 0.636. The molecule has 16 aromatic carbocycles. The smallest absolute Gasteiger partial charge is 0.227 e. The number of thiazole rings is 1. The molecule has 0 spiro atoms. The van der Waals surface area contributed by atoms with Gasteiger partial charge in [-0.2, -0.15) is 0 Å². The number of aromatic nitrogens is 2. The van der Waals surface area contributed by atoms with E-state index in [2.05, 4.69) is 295 Å². The highest BCUT2D eigenvalue weighted by atomic mass is 35.5. The van der Waals surface area contributed by atoms with E-state index < -0.39 is 0 Å². The van der Waals surface area contributed by atoms with E-state index in [0.717, 1.165) is 82.8 Å². The minimum atomic E-state index is 0.636. The van der Waals surface area contributed by atoms with E-state index in [0.29, 0.717) is 5.89 Å². The van der Waals surface area contributed by atoms with Crippen molar-refractivity contribution in [3.63, 3.8) is 0 Å². The van der Waals surface area contributed by atoms with E-state index in [-0.39, 0.29) is 0 Å². The Kier molecular flexibility index (Phi) is 15.6. The molecule has 0 aliphatic heterocycles. The van der Waals surface area contributed by atoms with Gasteiger partial charge in [0.2, 0.25) is 5.89 Å². The number of rotatable bonds is 9. The highest BCUT2D eigenvalue weighted by molar-refractivity contribution is 7.26. The molecule has 0 amide bonds. The number of nitrogens with zero attached hydrogens (tertiary/aromatic N) is 3. The van der Waals surface area contributed by atoms with Gasteiger partial charge in [-0.15, -0.1) is 34.0 Å². The van der Waals surface area contributed by atoms with Crippen LogP contribution in [0, 0.1) is 0 Å². The van der Waals surface area contributed by atoms with E-state index in [4.69, 9.17) is 21.0 Å². The fourth-order valence-corrected chi connectivity index (χ4v) is 17.5. The molecule has 4 heterocycles. The Balaban J connectivity index is 0.000000119. The number of hydrogen-bond donors (Lipinski definition) is 0. The summed E-state index contributed by atoms with van der Waals surface area (Å²) in [4.78, 5) is 12.1. The third-order valence-corrected chi connectivity index (χ3v) is 22.4. The van der Waals surface area contributed by atoms with Crippen molar-refractivity contribution in [2.24, 2.45) is 0 Å². The first kappa shape index (κ1) is 59.9. The first-order valence-corrected chi connectivity index (χ1v) is 36.0. The fourth-order valence-electron chi connectivity index (χ4n) is 13.8. The summed E-state index contributed by atoms with van der Waals surface area (Å²) in [5, 5.41) is 16.5. The van der Waals surface area contributed by atoms with Gasteiger partial charge in [-0.05, 0) is 163 Å². The summed E-state index contributed by atoms with van der Waals surface area (Å²) in [7, 11) is 0. The van der Waals surface area contributed by atoms with Crippen LogP contribution in [0.25, 0.3) is 149 Å². The second-order valence-electron chi connectivity index (χ2n) is 24.9. The van der Waals surface area contributed by atoms with Gasteiger partial charge in [0.05, 0.1) is 10.2 Å². The minimum Gasteiger partial charge on any atom is -0.435 e. The lowest BCUT2D eigenvalue weighted by Gasteiger charge is -2.26. The quantitative estimate of drug-likeness (QED) is 0.135. The Morgan fingerprint density at radius 2 is 0.758 bits per heavy atom. The molecule has 0 saturated heterocycles. The molecule has 20 aromatic rings. The van der Waals surface area contributed by atoms with Crippen molar-refractivity contribution in [2.75, 3.05) is 4.90 Å². The molecule has 4 nitrogen and oxygen atoms in total. The number of halogens is 1. The van der Waals surface area contributed by atoms with Crippen molar-refractivity contribution in [2.45, 2.75) is 6.42 Å². The lowest BCUT2D eigenvalue weighted by atomic mass is 10.00. The molecule has 0 unspecified atom stereocenters. The van der Waals surface area contributed by atoms with Crippen molar-refractivity contribution in [3.8, 4) is 44.3 Å². The highest BCUT2D eigenvalue weighted by Gasteiger charge is 2.20. The van der Waals surface area contributed by atoms with Crippen molar-refractivity contribution in [3.05, 3.63) is 356 Å². The predicted octanol–water partition coefficient (Wildman–Crippen LogP) is 27.5. The molecule has 0 fully saturated rings. The zero-order chi connectivity index (χ0) is 65.8. The normalized spacial score (nSPS) is 11.5. The molecule has 0 aliphatic carbocycles. The predicted molar refractivity (Wildman–Crippen MR) is 427 cm³/mol. The second-order valence-corrected chi connectivity index (χ2v) is 28.5. The Hall–Kier alpha value is -11.6. The highest BCUT2D eigenvalue weighted by Crippen LogP contribution is 2.45. The average molecular weight is 1340 g/mol. The Morgan fingerprint density at radius 1 is 0.303 bits per heavy atom. The molecule has 0 saturated carbocycles. The van der Waals surface area contributed by atoms with E-state index >= 15 is 0 Å². The SMILES string of the molecule is Clc1ccc2ccc3ccc4nc(-c5ccccc5)oc4c3c2c1.c1ccc(-c2ccc(Cc3ccc4c(c3)sc3ccccc34)cc2)cc1.c1ccc(-c2ccc(N(c3ccc4c(c3)sc3ccccc34)c3ccc4ccc5ccc6nc(-c7ccccc7)sc6c5c4c3)cc2)cc1. The van der Waals surface area contributed by atoms with Crippen molar-refractivity contribution < 1.29 is 4.42 Å². The van der Waals surface area contributed by atoms with Gasteiger partial charge >= 0.3 is 0 Å². The summed E-state index contributed by atoms with van der Waals surface area (Å²) in [6.45, 7) is 0. The molecular weight excluding hydrogens is 1280 g/mol. The van der Waals surface area contributed by atoms with Gasteiger partial charge < -0.3 is 9.32 Å². The molecule has 4 aromatic heterocycles. The molecule has 0 radical (unpaired) electrons. The molecule has 0 atom stereocenters. The maximum absolute atomic E-state index is 6.23. The van der Waals surface area contributed by atoms with Crippen LogP contribution in [0.2, 0.25) is 5.02 Å². The van der Waals surface area contributed by atoms with Crippen molar-refractivity contribution in [1.29, 1.82) is 0 Å². The first-order valence-electron chi connectivity index (χ1n) is 33.1. The van der Waals surface area contributed by atoms with E-state index in [1.54, 1.807) is 11.3 Å². The largest absolute Gasteiger partial charge is 0.435 e. The van der Waals surface area contributed by atoms with Crippen LogP contribution in [0.5, 0.6) is 0 Å². The van der Waals surface area contributed by atoms with Crippen LogP contribution in [0.4, 0.5) is 17.1 Å². The number of thiophene rings is 2. The maximum Gasteiger partial charge on any atom is 0.227 e. The van der Waals surface area contributed by atoms with Crippen LogP contribution in [-0.4, -0.2) is 9.97 Å². The van der Waals surface area contributed by atoms with E-state index in [9.17, 15) is 0 Å². The van der Waals surface area contributed by atoms with Crippen LogP contribution >= 0.6 is 45.6 Å². The molecule has 99 heavy (non-hydrogen) atoms. The van der Waals surface area contributed by atoms with Gasteiger partial charge in [-0.1, -0.05) is 260 Å². The van der Waals surface area contributed by atoms with E-state index in [1.165, 1.54) is 100.0 Å². The van der Waals surface area contributed by atoms with Crippen LogP contribution in [-0.2, 0) is 6.42 Å². The topological polar surface area (TPSA) is 42.2 Å². The molecule has 0 N–H and O–H groups in total. The average Bonchev–Trinajstić information content (AvgIpc) is 1.72. The fraction of sp³-hybridized carbons (Fsp3) is 0.0110. The van der Waals surface area contributed by atoms with Gasteiger partial charge in [-0.3, -0.25) is 0 Å². The van der Waals surface area contributed by atoms with Crippen LogP contribution < -0.4 is 4.90 Å². The van der Waals surface area contributed by atoms with Gasteiger partial charge in [0.1, 0.15) is 10.5 Å². The maximum atomic E-state index is 6.23. The zero-order valence-corrected chi connectivity index (χ0v) is 56.6. The van der Waals surface area contributed by atoms with Crippen molar-refractivity contribution >= 4 is 167 Å². The lowest BCUT2D eigenvalue weighted by molar-refractivity contribution is 0.623. The Bertz CT molecular complexity index is 6390. The molecule has 20 rings (SSSR count). The summed E-state index contributed by atoms with van der Waals surface area (Å²) in [5.41, 5.74) is 15.9. The standard InChI is InChI=1S/C45H28N2S2.C25H18S.C21H12ClNO/c1-3-9-29(10-4-1)30-17-21-34(22-18-30)47(36-24-25-38-37-13-7-8-14-41(37)48-42(38)28-36)35-23-19-31-15-16-32-20-26-40-44(43(32)39(31)27-35)49-45(46-40)33-11-5-2-6-12-33;1-2-6-20(7-3-1)21-13-10-18(11-14-21)16-19-12-15-23-22-8-4-5-9-24(22)26-25(23)17-19;22-16-10-8-13-6-7-14-9-11-18-20(19(14)17(13)12-16)24-21(23-18)15-4-2-1-3-5-15/h1-28H;1-15,17H,16H2;1-12H. The van der Waals surface area contributed by atoms with Gasteiger partial charge in [-0.25, -0.2) is 9.97 Å². The number of hydrogen-bond acceptors (Lipinski definition) is 7. The summed E-state index contributed by atoms with van der Waals surface area (Å²) < 4.78 is 12.7. The van der Waals surface area contributed by atoms with Gasteiger partial charge in [0.25, 0.3) is 0 Å². The number of anilines is 3.